The van der Waals surface area contributed by atoms with E-state index in [1.165, 1.54) is 28.7 Å². The van der Waals surface area contributed by atoms with Crippen molar-refractivity contribution in [2.75, 3.05) is 17.7 Å². The largest absolute Gasteiger partial charge is 0.347 e. The molecular weight excluding hydrogens is 324 g/mol. The van der Waals surface area contributed by atoms with Crippen LogP contribution < -0.4 is 4.90 Å². The highest BCUT2D eigenvalue weighted by Gasteiger charge is 2.37. The van der Waals surface area contributed by atoms with E-state index in [2.05, 4.69) is 62.0 Å². The summed E-state index contributed by atoms with van der Waals surface area (Å²) in [7, 11) is 2.07. The molecule has 2 aliphatic heterocycles. The van der Waals surface area contributed by atoms with E-state index in [0.717, 1.165) is 10.1 Å². The van der Waals surface area contributed by atoms with Gasteiger partial charge >= 0.3 is 0 Å². The second-order valence-corrected chi connectivity index (χ2v) is 8.48. The van der Waals surface area contributed by atoms with Gasteiger partial charge in [0.15, 0.2) is 0 Å². The summed E-state index contributed by atoms with van der Waals surface area (Å²) in [5, 5.41) is 0.0359. The number of likely N-dealkylation sites (N-methyl/N-ethyl adjacent to an activating group) is 1. The number of nitrogens with zero attached hydrogens (tertiary/aromatic N) is 2. The van der Waals surface area contributed by atoms with Crippen LogP contribution in [0.15, 0.2) is 52.8 Å². The molecule has 0 radical (unpaired) electrons. The minimum absolute atomic E-state index is 0.0359. The molecular formula is C18H20N2OS2. The van der Waals surface area contributed by atoms with E-state index in [1.54, 1.807) is 11.8 Å². The van der Waals surface area contributed by atoms with Crippen LogP contribution in [0.1, 0.15) is 26.3 Å². The second kappa shape index (κ2) is 6.21. The molecule has 0 bridgehead atoms. The molecule has 0 aromatic heterocycles. The van der Waals surface area contributed by atoms with Crippen molar-refractivity contribution >= 4 is 38.7 Å². The van der Waals surface area contributed by atoms with Crippen LogP contribution >= 0.6 is 23.5 Å². The van der Waals surface area contributed by atoms with Gasteiger partial charge in [0, 0.05) is 23.8 Å². The summed E-state index contributed by atoms with van der Waals surface area (Å²) in [5.41, 5.74) is 4.17. The minimum atomic E-state index is -0.0814. The van der Waals surface area contributed by atoms with Crippen molar-refractivity contribution in [1.29, 1.82) is 0 Å². The summed E-state index contributed by atoms with van der Waals surface area (Å²) in [4.78, 5) is 18.7. The van der Waals surface area contributed by atoms with Crippen LogP contribution in [0.3, 0.4) is 0 Å². The topological polar surface area (TPSA) is 32.7 Å². The summed E-state index contributed by atoms with van der Waals surface area (Å²) < 4.78 is 0.851. The van der Waals surface area contributed by atoms with Crippen molar-refractivity contribution < 1.29 is 4.79 Å². The van der Waals surface area contributed by atoms with E-state index >= 15 is 0 Å². The molecule has 2 heterocycles. The highest BCUT2D eigenvalue weighted by molar-refractivity contribution is 8.45. The Morgan fingerprint density at radius 1 is 1.30 bits per heavy atom. The minimum Gasteiger partial charge on any atom is -0.347 e. The monoisotopic (exact) mass is 344 g/mol. The van der Waals surface area contributed by atoms with Gasteiger partial charge in [0.2, 0.25) is 5.12 Å². The number of carbonyl (C=O) groups excluding carboxylic acids is 1. The molecule has 0 saturated heterocycles. The Kier molecular flexibility index (Phi) is 4.43. The van der Waals surface area contributed by atoms with Gasteiger partial charge in [-0.2, -0.15) is 0 Å². The lowest BCUT2D eigenvalue weighted by atomic mass is 9.84. The molecule has 0 saturated carbocycles. The summed E-state index contributed by atoms with van der Waals surface area (Å²) in [6, 6.07) is 8.44. The number of benzene rings is 1. The van der Waals surface area contributed by atoms with Crippen molar-refractivity contribution in [2.24, 2.45) is 4.99 Å². The van der Waals surface area contributed by atoms with Crippen LogP contribution in [-0.4, -0.2) is 22.3 Å². The highest BCUT2D eigenvalue weighted by Crippen LogP contribution is 2.46. The number of thioether (sulfide) groups is 2. The Balaban J connectivity index is 1.95. The van der Waals surface area contributed by atoms with E-state index in [4.69, 9.17) is 0 Å². The number of fused-ring (bicyclic) bond motifs is 1. The highest BCUT2D eigenvalue weighted by atomic mass is 32.2. The number of aliphatic imine (C=N–C) groups is 1. The molecule has 5 heteroatoms. The third-order valence-corrected chi connectivity index (χ3v) is 6.10. The molecule has 0 unspecified atom stereocenters. The SMILES string of the molecule is CCSC1=NC(=CC=C2N(C)c3ccccc3C2(C)C)C(=O)S1. The van der Waals surface area contributed by atoms with Crippen LogP contribution in [0.4, 0.5) is 5.69 Å². The molecule has 1 aromatic rings. The second-order valence-electron chi connectivity index (χ2n) is 6.01. The number of hydrogen-bond donors (Lipinski definition) is 0. The summed E-state index contributed by atoms with van der Waals surface area (Å²) in [6.45, 7) is 6.49. The molecule has 2 aliphatic rings. The Hall–Kier alpha value is -1.46. The fourth-order valence-corrected chi connectivity index (χ4v) is 4.80. The standard InChI is InChI=1S/C18H20N2OS2/c1-5-22-17-19-13(16(21)23-17)10-11-15-18(2,3)12-8-6-7-9-14(12)20(15)4/h6-11H,5H2,1-4H3. The fourth-order valence-electron chi connectivity index (χ4n) is 3.05. The van der Waals surface area contributed by atoms with Gasteiger partial charge in [0.05, 0.1) is 0 Å². The molecule has 0 N–H and O–H groups in total. The molecule has 0 amide bonds. The molecule has 3 rings (SSSR count). The number of hydrogen-bond acceptors (Lipinski definition) is 5. The Morgan fingerprint density at radius 2 is 2.04 bits per heavy atom. The number of carbonyl (C=O) groups is 1. The van der Waals surface area contributed by atoms with Gasteiger partial charge in [0.25, 0.3) is 0 Å². The van der Waals surface area contributed by atoms with E-state index < -0.39 is 0 Å². The zero-order chi connectivity index (χ0) is 16.6. The molecule has 3 nitrogen and oxygen atoms in total. The molecule has 0 aliphatic carbocycles. The lowest BCUT2D eigenvalue weighted by Crippen LogP contribution is -2.22. The average molecular weight is 345 g/mol. The maximum Gasteiger partial charge on any atom is 0.244 e. The van der Waals surface area contributed by atoms with Gasteiger partial charge in [-0.05, 0) is 41.3 Å². The lowest BCUT2D eigenvalue weighted by molar-refractivity contribution is -0.107. The quantitative estimate of drug-likeness (QED) is 0.736. The number of rotatable bonds is 2. The van der Waals surface area contributed by atoms with Gasteiger partial charge in [-0.3, -0.25) is 4.79 Å². The van der Waals surface area contributed by atoms with Crippen molar-refractivity contribution in [2.45, 2.75) is 26.2 Å². The normalized spacial score (nSPS) is 22.9. The predicted molar refractivity (Wildman–Crippen MR) is 102 cm³/mol. The smallest absolute Gasteiger partial charge is 0.244 e. The van der Waals surface area contributed by atoms with Gasteiger partial charge in [-0.1, -0.05) is 50.7 Å². The zero-order valence-corrected chi connectivity index (χ0v) is 15.4. The molecule has 0 atom stereocenters. The number of para-hydroxylation sites is 1. The third-order valence-electron chi connectivity index (χ3n) is 4.21. The zero-order valence-electron chi connectivity index (χ0n) is 13.8. The van der Waals surface area contributed by atoms with Crippen molar-refractivity contribution in [3.05, 3.63) is 53.4 Å². The van der Waals surface area contributed by atoms with Gasteiger partial charge in [0.1, 0.15) is 10.1 Å². The maximum atomic E-state index is 12.0. The molecule has 0 spiro atoms. The molecule has 23 heavy (non-hydrogen) atoms. The third kappa shape index (κ3) is 2.88. The van der Waals surface area contributed by atoms with Crippen LogP contribution in [0, 0.1) is 0 Å². The van der Waals surface area contributed by atoms with Crippen LogP contribution in [0.25, 0.3) is 0 Å². The fraction of sp³-hybridized carbons (Fsp3) is 0.333. The Labute approximate surface area is 145 Å². The summed E-state index contributed by atoms with van der Waals surface area (Å²) in [5.74, 6) is 0.929. The number of anilines is 1. The van der Waals surface area contributed by atoms with Gasteiger partial charge < -0.3 is 4.90 Å². The molecule has 0 fully saturated rings. The lowest BCUT2D eigenvalue weighted by Gasteiger charge is -2.23. The summed E-state index contributed by atoms with van der Waals surface area (Å²) in [6.07, 6.45) is 3.90. The van der Waals surface area contributed by atoms with Crippen molar-refractivity contribution in [1.82, 2.24) is 0 Å². The van der Waals surface area contributed by atoms with Gasteiger partial charge in [-0.25, -0.2) is 4.99 Å². The van der Waals surface area contributed by atoms with Crippen LogP contribution in [0.5, 0.6) is 0 Å². The first-order chi connectivity index (χ1) is 10.9. The predicted octanol–water partition coefficient (Wildman–Crippen LogP) is 4.56. The first kappa shape index (κ1) is 16.4. The van der Waals surface area contributed by atoms with E-state index in [9.17, 15) is 4.79 Å². The van der Waals surface area contributed by atoms with Crippen LogP contribution in [-0.2, 0) is 10.2 Å². The number of allylic oxidation sites excluding steroid dienone is 3. The Bertz CT molecular complexity index is 747. The van der Waals surface area contributed by atoms with Crippen molar-refractivity contribution in [3.63, 3.8) is 0 Å². The summed E-state index contributed by atoms with van der Waals surface area (Å²) >= 11 is 2.85. The van der Waals surface area contributed by atoms with E-state index in [1.807, 2.05) is 12.2 Å². The van der Waals surface area contributed by atoms with E-state index in [0.29, 0.717) is 5.70 Å². The first-order valence-corrected chi connectivity index (χ1v) is 9.44. The Morgan fingerprint density at radius 3 is 2.74 bits per heavy atom. The molecule has 1 aromatic carbocycles. The molecule has 120 valence electrons. The van der Waals surface area contributed by atoms with Crippen LogP contribution in [0.2, 0.25) is 0 Å². The first-order valence-electron chi connectivity index (χ1n) is 7.64. The average Bonchev–Trinajstić information content (AvgIpc) is 2.95. The van der Waals surface area contributed by atoms with Crippen molar-refractivity contribution in [3.8, 4) is 0 Å². The van der Waals surface area contributed by atoms with E-state index in [-0.39, 0.29) is 10.5 Å². The van der Waals surface area contributed by atoms with Gasteiger partial charge in [-0.15, -0.1) is 0 Å². The maximum absolute atomic E-state index is 12.0.